The van der Waals surface area contributed by atoms with E-state index in [1.54, 1.807) is 0 Å². The van der Waals surface area contributed by atoms with Gasteiger partial charge in [0, 0.05) is 44.1 Å². The third-order valence-electron chi connectivity index (χ3n) is 14.7. The van der Waals surface area contributed by atoms with Crippen LogP contribution in [0.4, 0.5) is 34.1 Å². The van der Waals surface area contributed by atoms with Gasteiger partial charge in [-0.15, -0.1) is 0 Å². The summed E-state index contributed by atoms with van der Waals surface area (Å²) in [6, 6.07) is 76.8. The topological polar surface area (TPSA) is 6.48 Å². The Morgan fingerprint density at radius 1 is 0.318 bits per heavy atom. The predicted molar refractivity (Wildman–Crippen MR) is 281 cm³/mol. The highest BCUT2D eigenvalue weighted by atomic mass is 15.2. The quantitative estimate of drug-likeness (QED) is 0.158. The third kappa shape index (κ3) is 5.94. The number of nitrogens with zero attached hydrogens (tertiary/aromatic N) is 2. The van der Waals surface area contributed by atoms with E-state index in [0.29, 0.717) is 0 Å². The fourth-order valence-corrected chi connectivity index (χ4v) is 11.7. The van der Waals surface area contributed by atoms with E-state index in [9.17, 15) is 0 Å². The van der Waals surface area contributed by atoms with Crippen molar-refractivity contribution in [2.45, 2.75) is 52.4 Å². The molecule has 0 N–H and O–H groups in total. The molecule has 2 aliphatic carbocycles. The summed E-state index contributed by atoms with van der Waals surface area (Å²) >= 11 is 0. The molecule has 10 aromatic carbocycles. The van der Waals surface area contributed by atoms with Crippen molar-refractivity contribution in [2.75, 3.05) is 9.80 Å². The van der Waals surface area contributed by atoms with E-state index < -0.39 is 0 Å². The van der Waals surface area contributed by atoms with Gasteiger partial charge in [0.15, 0.2) is 0 Å². The number of para-hydroxylation sites is 2. The molecule has 0 heterocycles. The number of fused-ring (bicyclic) bond motifs is 8. The minimum atomic E-state index is -0.306. The summed E-state index contributed by atoms with van der Waals surface area (Å²) in [5.41, 5.74) is 22.2. The highest BCUT2D eigenvalue weighted by Gasteiger charge is 2.44. The highest BCUT2D eigenvalue weighted by molar-refractivity contribution is 6.07. The van der Waals surface area contributed by atoms with Crippen LogP contribution in [0.5, 0.6) is 0 Å². The maximum atomic E-state index is 2.51. The average Bonchev–Trinajstić information content (AvgIpc) is 3.72. The van der Waals surface area contributed by atoms with Gasteiger partial charge >= 0.3 is 0 Å². The third-order valence-corrected chi connectivity index (χ3v) is 14.7. The molecule has 0 unspecified atom stereocenters. The van der Waals surface area contributed by atoms with Crippen molar-refractivity contribution < 1.29 is 0 Å². The Balaban J connectivity index is 1.18. The summed E-state index contributed by atoms with van der Waals surface area (Å²) in [7, 11) is 0. The molecule has 2 nitrogen and oxygen atoms in total. The van der Waals surface area contributed by atoms with Crippen LogP contribution in [0.3, 0.4) is 0 Å². The lowest BCUT2D eigenvalue weighted by Crippen LogP contribution is -2.20. The SMILES string of the molecule is Cc1ccc2c(c1)C(C)(C)c1c(-c3ccc(N(c4ccccc4)c4cccc5ccccc45)c4c3C(C)(C)c3cc(C)ccc3-4)ccc(N(c3ccccc3)c3cccc4ccccc34)c1-2. The monoisotopic (exact) mass is 848 g/mol. The standard InChI is InChI=1S/C64H52N2/c1-41-31-33-51-53(39-41)63(3,4)61-49(35-37-57(59(51)61)65(45-23-9-7-10-24-45)55-29-17-21-43-19-13-15-27-47(43)55)50-36-38-58(60-52-34-32-42(2)40-54(52)64(5,6)62(50)60)66(46-25-11-8-12-26-46)56-30-18-22-44-20-14-16-28-48(44)56/h7-40H,1-6H3. The van der Waals surface area contributed by atoms with Gasteiger partial charge in [0.25, 0.3) is 0 Å². The van der Waals surface area contributed by atoms with Gasteiger partial charge in [-0.3, -0.25) is 0 Å². The van der Waals surface area contributed by atoms with Crippen LogP contribution < -0.4 is 9.80 Å². The average molecular weight is 849 g/mol. The van der Waals surface area contributed by atoms with Crippen LogP contribution >= 0.6 is 0 Å². The Hall–Kier alpha value is -7.68. The van der Waals surface area contributed by atoms with Gasteiger partial charge in [-0.05, 0) is 118 Å². The first kappa shape index (κ1) is 39.9. The Morgan fingerprint density at radius 2 is 0.682 bits per heavy atom. The molecule has 0 spiro atoms. The van der Waals surface area contributed by atoms with Crippen molar-refractivity contribution in [1.82, 2.24) is 0 Å². The van der Waals surface area contributed by atoms with Crippen molar-refractivity contribution in [3.63, 3.8) is 0 Å². The fraction of sp³-hybridized carbons (Fsp3) is 0.125. The van der Waals surface area contributed by atoms with Gasteiger partial charge in [-0.1, -0.05) is 197 Å². The molecule has 318 valence electrons. The number of benzene rings is 10. The first-order valence-electron chi connectivity index (χ1n) is 23.4. The number of anilines is 6. The van der Waals surface area contributed by atoms with Crippen LogP contribution in [0.1, 0.15) is 61.1 Å². The minimum Gasteiger partial charge on any atom is -0.309 e. The molecule has 0 radical (unpaired) electrons. The van der Waals surface area contributed by atoms with E-state index in [4.69, 9.17) is 0 Å². The first-order chi connectivity index (χ1) is 32.1. The van der Waals surface area contributed by atoms with Crippen LogP contribution in [-0.4, -0.2) is 0 Å². The zero-order valence-corrected chi connectivity index (χ0v) is 38.5. The highest BCUT2D eigenvalue weighted by Crippen LogP contribution is 2.62. The van der Waals surface area contributed by atoms with Crippen molar-refractivity contribution in [1.29, 1.82) is 0 Å². The smallest absolute Gasteiger partial charge is 0.0543 e. The van der Waals surface area contributed by atoms with Gasteiger partial charge in [0.1, 0.15) is 0 Å². The maximum Gasteiger partial charge on any atom is 0.0543 e. The van der Waals surface area contributed by atoms with Gasteiger partial charge in [0.2, 0.25) is 0 Å². The molecule has 0 amide bonds. The van der Waals surface area contributed by atoms with E-state index in [1.165, 1.54) is 111 Å². The fourth-order valence-electron chi connectivity index (χ4n) is 11.7. The molecular formula is C64H52N2. The summed E-state index contributed by atoms with van der Waals surface area (Å²) in [4.78, 5) is 5.02. The molecule has 0 aliphatic heterocycles. The second kappa shape index (κ2) is 14.9. The Bertz CT molecular complexity index is 3310. The molecule has 0 bridgehead atoms. The summed E-state index contributed by atoms with van der Waals surface area (Å²) < 4.78 is 0. The first-order valence-corrected chi connectivity index (χ1v) is 23.4. The molecule has 2 heteroatoms. The van der Waals surface area contributed by atoms with Crippen LogP contribution in [0.25, 0.3) is 54.9 Å². The van der Waals surface area contributed by atoms with Crippen LogP contribution in [0, 0.1) is 13.8 Å². The molecule has 0 aromatic heterocycles. The molecule has 0 saturated carbocycles. The zero-order valence-electron chi connectivity index (χ0n) is 38.5. The molecule has 0 fully saturated rings. The van der Waals surface area contributed by atoms with Gasteiger partial charge < -0.3 is 9.80 Å². The summed E-state index contributed by atoms with van der Waals surface area (Å²) in [5, 5.41) is 4.89. The van der Waals surface area contributed by atoms with Crippen molar-refractivity contribution in [3.05, 3.63) is 240 Å². The predicted octanol–water partition coefficient (Wildman–Crippen LogP) is 17.8. The normalized spacial score (nSPS) is 13.8. The number of hydrogen-bond donors (Lipinski definition) is 0. The van der Waals surface area contributed by atoms with Gasteiger partial charge in [-0.25, -0.2) is 0 Å². The molecular weight excluding hydrogens is 797 g/mol. The maximum absolute atomic E-state index is 2.51. The lowest BCUT2D eigenvalue weighted by Gasteiger charge is -2.33. The molecule has 0 atom stereocenters. The van der Waals surface area contributed by atoms with Gasteiger partial charge in [-0.2, -0.15) is 0 Å². The van der Waals surface area contributed by atoms with Crippen LogP contribution in [0.2, 0.25) is 0 Å². The Morgan fingerprint density at radius 3 is 1.11 bits per heavy atom. The van der Waals surface area contributed by atoms with Crippen molar-refractivity contribution in [2.24, 2.45) is 0 Å². The van der Waals surface area contributed by atoms with Crippen LogP contribution in [0.15, 0.2) is 206 Å². The van der Waals surface area contributed by atoms with E-state index in [0.717, 1.165) is 11.4 Å². The minimum absolute atomic E-state index is 0.306. The lowest BCUT2D eigenvalue weighted by atomic mass is 9.74. The van der Waals surface area contributed by atoms with E-state index in [-0.39, 0.29) is 10.8 Å². The van der Waals surface area contributed by atoms with Crippen molar-refractivity contribution in [3.8, 4) is 33.4 Å². The van der Waals surface area contributed by atoms with Crippen molar-refractivity contribution >= 4 is 55.7 Å². The molecule has 0 saturated heterocycles. The second-order valence-corrected chi connectivity index (χ2v) is 19.5. The van der Waals surface area contributed by atoms with E-state index in [2.05, 4.69) is 258 Å². The zero-order chi connectivity index (χ0) is 44.9. The number of hydrogen-bond acceptors (Lipinski definition) is 2. The number of aryl methyl sites for hydroxylation is 2. The molecule has 2 aliphatic rings. The van der Waals surface area contributed by atoms with E-state index in [1.807, 2.05) is 0 Å². The lowest BCUT2D eigenvalue weighted by molar-refractivity contribution is 0.654. The number of rotatable bonds is 7. The summed E-state index contributed by atoms with van der Waals surface area (Å²) in [5.74, 6) is 0. The van der Waals surface area contributed by atoms with Gasteiger partial charge in [0.05, 0.1) is 22.7 Å². The second-order valence-electron chi connectivity index (χ2n) is 19.5. The summed E-state index contributed by atoms with van der Waals surface area (Å²) in [6.07, 6.45) is 0. The van der Waals surface area contributed by atoms with Crippen LogP contribution in [-0.2, 0) is 10.8 Å². The molecule has 66 heavy (non-hydrogen) atoms. The Kier molecular flexibility index (Phi) is 9.03. The Labute approximate surface area is 389 Å². The molecule has 12 rings (SSSR count). The largest absolute Gasteiger partial charge is 0.309 e. The van der Waals surface area contributed by atoms with E-state index >= 15 is 0 Å². The molecule has 10 aromatic rings. The summed E-state index contributed by atoms with van der Waals surface area (Å²) in [6.45, 7) is 14.3.